The van der Waals surface area contributed by atoms with E-state index in [9.17, 15) is 18.4 Å². The zero-order chi connectivity index (χ0) is 41.5. The van der Waals surface area contributed by atoms with Crippen LogP contribution in [0.1, 0.15) is 11.1 Å². The first-order valence-corrected chi connectivity index (χ1v) is 19.5. The number of nitrogens with zero attached hydrogens (tertiary/aromatic N) is 6. The number of hydrogen-bond donors (Lipinski definition) is 0. The molecule has 0 aliphatic carbocycles. The molecule has 0 unspecified atom stereocenters. The van der Waals surface area contributed by atoms with E-state index >= 15 is 0 Å². The molecule has 0 fully saturated rings. The zero-order valence-corrected chi connectivity index (χ0v) is 32.2. The number of aromatic nitrogens is 5. The van der Waals surface area contributed by atoms with E-state index in [-0.39, 0.29) is 0 Å². The molecule has 0 atom stereocenters. The smallest absolute Gasteiger partial charge is 0.308 e. The van der Waals surface area contributed by atoms with Crippen LogP contribution in [0.2, 0.25) is 0 Å². The third-order valence-electron chi connectivity index (χ3n) is 10.7. The Bertz CT molecular complexity index is 3020. The van der Waals surface area contributed by atoms with Crippen LogP contribution in [0, 0.1) is 11.3 Å². The monoisotopic (exact) mass is 796 g/mol. The van der Waals surface area contributed by atoms with Crippen LogP contribution in [0.5, 0.6) is 0 Å². The second kappa shape index (κ2) is 15.2. The number of benzene rings is 7. The summed E-state index contributed by atoms with van der Waals surface area (Å²) in [5.74, 6) is 0.876. The first kappa shape index (κ1) is 37.1. The van der Waals surface area contributed by atoms with E-state index < -0.39 is 11.7 Å². The van der Waals surface area contributed by atoms with Crippen LogP contribution in [-0.4, -0.2) is 24.5 Å². The Morgan fingerprint density at radius 1 is 0.426 bits per heavy atom. The van der Waals surface area contributed by atoms with Gasteiger partial charge in [-0.05, 0) is 42.5 Å². The van der Waals surface area contributed by atoms with Gasteiger partial charge in [0.15, 0.2) is 11.6 Å². The minimum Gasteiger partial charge on any atom is -0.308 e. The average Bonchev–Trinajstić information content (AvgIpc) is 3.65. The highest BCUT2D eigenvalue weighted by Gasteiger charge is 2.32. The first-order chi connectivity index (χ1) is 29.8. The van der Waals surface area contributed by atoms with Crippen LogP contribution < -0.4 is 0 Å². The van der Waals surface area contributed by atoms with Gasteiger partial charge in [-0.1, -0.05) is 146 Å². The molecule has 9 heteroatoms. The fourth-order valence-corrected chi connectivity index (χ4v) is 7.83. The summed E-state index contributed by atoms with van der Waals surface area (Å²) in [5, 5.41) is 12.1. The summed E-state index contributed by atoms with van der Waals surface area (Å²) in [7, 11) is 0. The highest BCUT2D eigenvalue weighted by molar-refractivity contribution is 6.11. The molecule has 0 saturated heterocycles. The van der Waals surface area contributed by atoms with Crippen LogP contribution in [0.3, 0.4) is 0 Å². The first-order valence-electron chi connectivity index (χ1n) is 19.5. The van der Waals surface area contributed by atoms with Gasteiger partial charge in [-0.2, -0.15) is 18.4 Å². The topological polar surface area (TPSA) is 80.3 Å². The van der Waals surface area contributed by atoms with Crippen LogP contribution in [-0.2, 0) is 6.18 Å². The number of para-hydroxylation sites is 1. The normalized spacial score (nSPS) is 11.5. The van der Waals surface area contributed by atoms with Crippen molar-refractivity contribution < 1.29 is 13.2 Å². The standard InChI is InChI=1S/C52H31F3N6/c53-52(54,55)38-25-26-40-39-23-13-14-24-47(39)61(48(40)29-38)49-41(45-30-43(34-15-5-1-6-16-34)57-50(59-45)36-19-9-3-10-20-36)27-33(32-56)28-42(49)46-31-44(35-17-7-2-8-18-35)58-51(60-46)37-21-11-4-12-22-37/h1-31H. The molecule has 0 saturated carbocycles. The van der Waals surface area contributed by atoms with Gasteiger partial charge in [-0.15, -0.1) is 0 Å². The lowest BCUT2D eigenvalue weighted by atomic mass is 9.95. The lowest BCUT2D eigenvalue weighted by Gasteiger charge is -2.20. The third-order valence-corrected chi connectivity index (χ3v) is 10.7. The molecular weight excluding hydrogens is 766 g/mol. The Hall–Kier alpha value is -8.22. The molecule has 0 amide bonds. The van der Waals surface area contributed by atoms with Crippen molar-refractivity contribution in [1.29, 1.82) is 5.26 Å². The molecule has 3 heterocycles. The average molecular weight is 797 g/mol. The lowest BCUT2D eigenvalue weighted by Crippen LogP contribution is -2.07. The van der Waals surface area contributed by atoms with Crippen molar-refractivity contribution >= 4 is 21.8 Å². The summed E-state index contributed by atoms with van der Waals surface area (Å²) in [4.78, 5) is 20.4. The van der Waals surface area contributed by atoms with Crippen molar-refractivity contribution in [2.24, 2.45) is 0 Å². The molecule has 0 radical (unpaired) electrons. The third kappa shape index (κ3) is 6.96. The van der Waals surface area contributed by atoms with Gasteiger partial charge < -0.3 is 4.57 Å². The van der Waals surface area contributed by atoms with Gasteiger partial charge in [0.05, 0.1) is 56.7 Å². The molecule has 0 spiro atoms. The summed E-state index contributed by atoms with van der Waals surface area (Å²) in [6.07, 6.45) is -4.62. The number of hydrogen-bond acceptors (Lipinski definition) is 5. The molecule has 290 valence electrons. The van der Waals surface area contributed by atoms with E-state index in [1.165, 1.54) is 12.1 Å². The van der Waals surface area contributed by atoms with Gasteiger partial charge in [-0.25, -0.2) is 19.9 Å². The molecule has 10 aromatic rings. The summed E-state index contributed by atoms with van der Waals surface area (Å²) in [6.45, 7) is 0. The summed E-state index contributed by atoms with van der Waals surface area (Å²) in [5.41, 5.74) is 7.33. The Morgan fingerprint density at radius 2 is 0.852 bits per heavy atom. The lowest BCUT2D eigenvalue weighted by molar-refractivity contribution is -0.137. The van der Waals surface area contributed by atoms with Crippen LogP contribution in [0.25, 0.3) is 95.3 Å². The maximum absolute atomic E-state index is 14.6. The van der Waals surface area contributed by atoms with E-state index in [2.05, 4.69) is 6.07 Å². The van der Waals surface area contributed by atoms with Crippen molar-refractivity contribution in [3.05, 3.63) is 199 Å². The Kier molecular flexibility index (Phi) is 9.23. The van der Waals surface area contributed by atoms with E-state index in [1.54, 1.807) is 12.1 Å². The minimum atomic E-state index is -4.62. The predicted octanol–water partition coefficient (Wildman–Crippen LogP) is 13.3. The number of fused-ring (bicyclic) bond motifs is 3. The largest absolute Gasteiger partial charge is 0.416 e. The molecule has 6 nitrogen and oxygen atoms in total. The number of halogens is 3. The fourth-order valence-electron chi connectivity index (χ4n) is 7.83. The predicted molar refractivity (Wildman–Crippen MR) is 234 cm³/mol. The molecule has 3 aromatic heterocycles. The SMILES string of the molecule is N#Cc1cc(-c2cc(-c3ccccc3)nc(-c3ccccc3)n2)c(-n2c3ccccc3c3ccc(C(F)(F)F)cc32)c(-c2cc(-c3ccccc3)nc(-c3ccccc3)n2)c1. The second-order valence-electron chi connectivity index (χ2n) is 14.5. The van der Waals surface area contributed by atoms with Gasteiger partial charge in [0.1, 0.15) is 0 Å². The van der Waals surface area contributed by atoms with Gasteiger partial charge in [0.2, 0.25) is 0 Å². The van der Waals surface area contributed by atoms with E-state index in [0.29, 0.717) is 73.2 Å². The Labute approximate surface area is 348 Å². The molecule has 0 aliphatic heterocycles. The Balaban J connectivity index is 1.38. The number of rotatable bonds is 7. The van der Waals surface area contributed by atoms with Crippen molar-refractivity contribution in [1.82, 2.24) is 24.5 Å². The van der Waals surface area contributed by atoms with Crippen molar-refractivity contribution in [2.45, 2.75) is 6.18 Å². The van der Waals surface area contributed by atoms with Gasteiger partial charge in [-0.3, -0.25) is 0 Å². The van der Waals surface area contributed by atoms with Gasteiger partial charge in [0.25, 0.3) is 0 Å². The van der Waals surface area contributed by atoms with Gasteiger partial charge >= 0.3 is 6.18 Å². The van der Waals surface area contributed by atoms with Crippen molar-refractivity contribution in [3.63, 3.8) is 0 Å². The maximum Gasteiger partial charge on any atom is 0.416 e. The van der Waals surface area contributed by atoms with Crippen molar-refractivity contribution in [2.75, 3.05) is 0 Å². The second-order valence-corrected chi connectivity index (χ2v) is 14.5. The highest BCUT2D eigenvalue weighted by Crippen LogP contribution is 2.44. The van der Waals surface area contributed by atoms with Crippen molar-refractivity contribution in [3.8, 4) is 79.6 Å². The zero-order valence-electron chi connectivity index (χ0n) is 32.2. The Morgan fingerprint density at radius 3 is 1.33 bits per heavy atom. The maximum atomic E-state index is 14.6. The molecule has 61 heavy (non-hydrogen) atoms. The number of nitriles is 1. The summed E-state index contributed by atoms with van der Waals surface area (Å²) < 4.78 is 45.8. The minimum absolute atomic E-state index is 0.299. The van der Waals surface area contributed by atoms with E-state index in [4.69, 9.17) is 19.9 Å². The quantitative estimate of drug-likeness (QED) is 0.160. The highest BCUT2D eigenvalue weighted by atomic mass is 19.4. The van der Waals surface area contributed by atoms with E-state index in [0.717, 1.165) is 33.7 Å². The molecular formula is C52H31F3N6. The van der Waals surface area contributed by atoms with Gasteiger partial charge in [0, 0.05) is 44.2 Å². The molecule has 0 bridgehead atoms. The molecule has 7 aromatic carbocycles. The van der Waals surface area contributed by atoms with Crippen LogP contribution in [0.15, 0.2) is 188 Å². The van der Waals surface area contributed by atoms with Crippen LogP contribution in [0.4, 0.5) is 13.2 Å². The summed E-state index contributed by atoms with van der Waals surface area (Å²) in [6, 6.07) is 59.5. The summed E-state index contributed by atoms with van der Waals surface area (Å²) >= 11 is 0. The van der Waals surface area contributed by atoms with E-state index in [1.807, 2.05) is 162 Å². The molecule has 0 N–H and O–H groups in total. The fraction of sp³-hybridized carbons (Fsp3) is 0.0192. The number of alkyl halides is 3. The molecule has 0 aliphatic rings. The van der Waals surface area contributed by atoms with Crippen LogP contribution >= 0.6 is 0 Å². The molecule has 10 rings (SSSR count).